The third kappa shape index (κ3) is 2.38. The largest absolute Gasteiger partial charge is 0.504 e. The Labute approximate surface area is 98.7 Å². The van der Waals surface area contributed by atoms with Gasteiger partial charge in [0.15, 0.2) is 17.3 Å². The highest BCUT2D eigenvalue weighted by Gasteiger charge is 2.15. The maximum absolute atomic E-state index is 9.66. The standard InChI is InChI=1S/C12H14N2O3/c1-7(2)6-10-13-12(17-14-10)8-4-3-5-9(15)11(8)16/h3-5,7,15-16H,6H2,1-2H3. The summed E-state index contributed by atoms with van der Waals surface area (Å²) in [5, 5.41) is 22.9. The maximum atomic E-state index is 9.66. The number of hydrogen-bond donors (Lipinski definition) is 2. The van der Waals surface area contributed by atoms with Crippen molar-refractivity contribution in [3.63, 3.8) is 0 Å². The summed E-state index contributed by atoms with van der Waals surface area (Å²) in [7, 11) is 0. The molecule has 2 N–H and O–H groups in total. The van der Waals surface area contributed by atoms with Crippen LogP contribution in [0.1, 0.15) is 19.7 Å². The van der Waals surface area contributed by atoms with E-state index in [2.05, 4.69) is 24.0 Å². The first-order valence-electron chi connectivity index (χ1n) is 5.42. The number of phenolic OH excluding ortho intramolecular Hbond substituents is 2. The lowest BCUT2D eigenvalue weighted by Crippen LogP contribution is -1.95. The summed E-state index contributed by atoms with van der Waals surface area (Å²) >= 11 is 0. The van der Waals surface area contributed by atoms with E-state index in [0.717, 1.165) is 0 Å². The zero-order valence-electron chi connectivity index (χ0n) is 9.71. The topological polar surface area (TPSA) is 79.4 Å². The maximum Gasteiger partial charge on any atom is 0.261 e. The molecule has 5 nitrogen and oxygen atoms in total. The third-order valence-electron chi connectivity index (χ3n) is 2.30. The van der Waals surface area contributed by atoms with E-state index in [9.17, 15) is 10.2 Å². The van der Waals surface area contributed by atoms with Crippen LogP contribution >= 0.6 is 0 Å². The molecule has 2 rings (SSSR count). The van der Waals surface area contributed by atoms with E-state index in [1.807, 2.05) is 0 Å². The Hall–Kier alpha value is -2.04. The Kier molecular flexibility index (Phi) is 2.99. The van der Waals surface area contributed by atoms with Crippen molar-refractivity contribution in [2.45, 2.75) is 20.3 Å². The van der Waals surface area contributed by atoms with Gasteiger partial charge in [0.25, 0.3) is 5.89 Å². The second-order valence-electron chi connectivity index (χ2n) is 4.29. The molecule has 17 heavy (non-hydrogen) atoms. The smallest absolute Gasteiger partial charge is 0.261 e. The van der Waals surface area contributed by atoms with Crippen molar-refractivity contribution < 1.29 is 14.7 Å². The molecule has 0 atom stereocenters. The average molecular weight is 234 g/mol. The predicted octanol–water partition coefficient (Wildman–Crippen LogP) is 2.35. The molecule has 1 aromatic heterocycles. The summed E-state index contributed by atoms with van der Waals surface area (Å²) in [6.07, 6.45) is 0.711. The van der Waals surface area contributed by atoms with Crippen molar-refractivity contribution in [3.8, 4) is 23.0 Å². The Bertz CT molecular complexity index is 520. The van der Waals surface area contributed by atoms with Gasteiger partial charge in [-0.1, -0.05) is 25.1 Å². The van der Waals surface area contributed by atoms with Gasteiger partial charge in [0, 0.05) is 6.42 Å². The molecule has 1 aromatic carbocycles. The summed E-state index contributed by atoms with van der Waals surface area (Å²) in [4.78, 5) is 4.17. The molecule has 0 radical (unpaired) electrons. The number of aromatic nitrogens is 2. The Morgan fingerprint density at radius 2 is 2.06 bits per heavy atom. The van der Waals surface area contributed by atoms with Gasteiger partial charge in [0.05, 0.1) is 5.56 Å². The zero-order chi connectivity index (χ0) is 12.4. The lowest BCUT2D eigenvalue weighted by Gasteiger charge is -2.00. The molecule has 0 aliphatic rings. The number of para-hydroxylation sites is 1. The van der Waals surface area contributed by atoms with Gasteiger partial charge in [-0.15, -0.1) is 0 Å². The SMILES string of the molecule is CC(C)Cc1noc(-c2cccc(O)c2O)n1. The van der Waals surface area contributed by atoms with Crippen LogP contribution in [0.2, 0.25) is 0 Å². The van der Waals surface area contributed by atoms with Crippen LogP contribution in [-0.4, -0.2) is 20.4 Å². The lowest BCUT2D eigenvalue weighted by molar-refractivity contribution is 0.395. The van der Waals surface area contributed by atoms with Crippen LogP contribution in [0.15, 0.2) is 22.7 Å². The Morgan fingerprint density at radius 1 is 1.29 bits per heavy atom. The number of aromatic hydroxyl groups is 2. The van der Waals surface area contributed by atoms with E-state index in [-0.39, 0.29) is 17.4 Å². The molecular weight excluding hydrogens is 220 g/mol. The molecule has 0 fully saturated rings. The quantitative estimate of drug-likeness (QED) is 0.797. The van der Waals surface area contributed by atoms with E-state index in [0.29, 0.717) is 23.7 Å². The van der Waals surface area contributed by atoms with E-state index in [1.165, 1.54) is 6.07 Å². The van der Waals surface area contributed by atoms with Gasteiger partial charge < -0.3 is 14.7 Å². The van der Waals surface area contributed by atoms with E-state index in [4.69, 9.17) is 4.52 Å². The highest BCUT2D eigenvalue weighted by molar-refractivity contribution is 5.66. The number of benzene rings is 1. The summed E-state index contributed by atoms with van der Waals surface area (Å²) in [6.45, 7) is 4.11. The van der Waals surface area contributed by atoms with Gasteiger partial charge in [-0.25, -0.2) is 0 Å². The first-order chi connectivity index (χ1) is 8.08. The van der Waals surface area contributed by atoms with Crippen LogP contribution in [0, 0.1) is 5.92 Å². The normalized spacial score (nSPS) is 11.0. The summed E-state index contributed by atoms with van der Waals surface area (Å²) < 4.78 is 5.06. The second-order valence-corrected chi connectivity index (χ2v) is 4.29. The lowest BCUT2D eigenvalue weighted by atomic mass is 10.1. The zero-order valence-corrected chi connectivity index (χ0v) is 9.71. The van der Waals surface area contributed by atoms with Gasteiger partial charge in [0.2, 0.25) is 0 Å². The van der Waals surface area contributed by atoms with Gasteiger partial charge in [-0.05, 0) is 18.1 Å². The van der Waals surface area contributed by atoms with E-state index in [1.54, 1.807) is 12.1 Å². The fraction of sp³-hybridized carbons (Fsp3) is 0.333. The number of rotatable bonds is 3. The van der Waals surface area contributed by atoms with Crippen LogP contribution in [0.5, 0.6) is 11.5 Å². The van der Waals surface area contributed by atoms with Crippen molar-refractivity contribution >= 4 is 0 Å². The van der Waals surface area contributed by atoms with Gasteiger partial charge >= 0.3 is 0 Å². The van der Waals surface area contributed by atoms with Crippen LogP contribution in [-0.2, 0) is 6.42 Å². The van der Waals surface area contributed by atoms with Crippen molar-refractivity contribution in [1.82, 2.24) is 10.1 Å². The van der Waals surface area contributed by atoms with Crippen molar-refractivity contribution in [2.75, 3.05) is 0 Å². The van der Waals surface area contributed by atoms with Crippen LogP contribution in [0.4, 0.5) is 0 Å². The predicted molar refractivity (Wildman–Crippen MR) is 61.6 cm³/mol. The molecule has 0 aliphatic carbocycles. The van der Waals surface area contributed by atoms with Crippen LogP contribution in [0.3, 0.4) is 0 Å². The monoisotopic (exact) mass is 234 g/mol. The fourth-order valence-electron chi connectivity index (χ4n) is 1.52. The first kappa shape index (κ1) is 11.4. The molecule has 5 heteroatoms. The molecule has 0 saturated heterocycles. The van der Waals surface area contributed by atoms with Crippen LogP contribution < -0.4 is 0 Å². The first-order valence-corrected chi connectivity index (χ1v) is 5.42. The van der Waals surface area contributed by atoms with Gasteiger partial charge in [-0.2, -0.15) is 4.98 Å². The molecule has 0 spiro atoms. The Balaban J connectivity index is 2.34. The van der Waals surface area contributed by atoms with Gasteiger partial charge in [-0.3, -0.25) is 0 Å². The third-order valence-corrected chi connectivity index (χ3v) is 2.30. The molecule has 0 bridgehead atoms. The molecular formula is C12H14N2O3. The number of phenols is 2. The van der Waals surface area contributed by atoms with E-state index >= 15 is 0 Å². The van der Waals surface area contributed by atoms with Crippen LogP contribution in [0.25, 0.3) is 11.5 Å². The fourth-order valence-corrected chi connectivity index (χ4v) is 1.52. The molecule has 1 heterocycles. The van der Waals surface area contributed by atoms with E-state index < -0.39 is 0 Å². The van der Waals surface area contributed by atoms with Crippen molar-refractivity contribution in [1.29, 1.82) is 0 Å². The minimum absolute atomic E-state index is 0.203. The molecule has 90 valence electrons. The summed E-state index contributed by atoms with van der Waals surface area (Å²) in [6, 6.07) is 4.61. The minimum Gasteiger partial charge on any atom is -0.504 e. The second kappa shape index (κ2) is 4.45. The van der Waals surface area contributed by atoms with Crippen molar-refractivity contribution in [3.05, 3.63) is 24.0 Å². The molecule has 0 unspecified atom stereocenters. The number of hydrogen-bond acceptors (Lipinski definition) is 5. The minimum atomic E-state index is -0.243. The molecule has 0 aliphatic heterocycles. The summed E-state index contributed by atoms with van der Waals surface area (Å²) in [5.41, 5.74) is 0.340. The van der Waals surface area contributed by atoms with Gasteiger partial charge in [0.1, 0.15) is 0 Å². The summed E-state index contributed by atoms with van der Waals surface area (Å²) in [5.74, 6) is 0.795. The molecule has 0 amide bonds. The molecule has 2 aromatic rings. The average Bonchev–Trinajstić information content (AvgIpc) is 2.69. The highest BCUT2D eigenvalue weighted by atomic mass is 16.5. The number of nitrogens with zero attached hydrogens (tertiary/aromatic N) is 2. The molecule has 0 saturated carbocycles. The Morgan fingerprint density at radius 3 is 2.76 bits per heavy atom. The van der Waals surface area contributed by atoms with Crippen molar-refractivity contribution in [2.24, 2.45) is 5.92 Å². The highest BCUT2D eigenvalue weighted by Crippen LogP contribution is 2.35.